The van der Waals surface area contributed by atoms with Gasteiger partial charge in [0.2, 0.25) is 0 Å². The van der Waals surface area contributed by atoms with E-state index in [1.54, 1.807) is 13.0 Å². The van der Waals surface area contributed by atoms with Gasteiger partial charge in [-0.2, -0.15) is 0 Å². The van der Waals surface area contributed by atoms with Gasteiger partial charge in [-0.3, -0.25) is 4.90 Å². The molecule has 106 valence electrons. The number of benzene rings is 1. The molecule has 2 N–H and O–H groups in total. The Balaban J connectivity index is 2.21. The molecule has 3 unspecified atom stereocenters. The number of hydrogen-bond acceptors (Lipinski definition) is 2. The van der Waals surface area contributed by atoms with E-state index in [1.807, 2.05) is 12.1 Å². The van der Waals surface area contributed by atoms with Crippen molar-refractivity contribution < 1.29 is 4.39 Å². The van der Waals surface area contributed by atoms with Crippen LogP contribution in [0.15, 0.2) is 18.2 Å². The Morgan fingerprint density at radius 1 is 1.42 bits per heavy atom. The van der Waals surface area contributed by atoms with Gasteiger partial charge in [0.25, 0.3) is 0 Å². The summed E-state index contributed by atoms with van der Waals surface area (Å²) >= 11 is 0. The monoisotopic (exact) mass is 264 g/mol. The number of likely N-dealkylation sites (tertiary alicyclic amines) is 1. The topological polar surface area (TPSA) is 29.3 Å². The predicted octanol–water partition coefficient (Wildman–Crippen LogP) is 3.25. The fraction of sp³-hybridized carbons (Fsp3) is 0.625. The van der Waals surface area contributed by atoms with Crippen molar-refractivity contribution in [1.82, 2.24) is 4.90 Å². The molecule has 3 atom stereocenters. The minimum absolute atomic E-state index is 0.131. The molecule has 1 aliphatic rings. The number of aryl methyl sites for hydroxylation is 1. The Morgan fingerprint density at radius 2 is 2.16 bits per heavy atom. The van der Waals surface area contributed by atoms with Gasteiger partial charge in [-0.05, 0) is 56.3 Å². The van der Waals surface area contributed by atoms with E-state index in [0.717, 1.165) is 18.0 Å². The predicted molar refractivity (Wildman–Crippen MR) is 77.5 cm³/mol. The van der Waals surface area contributed by atoms with E-state index < -0.39 is 0 Å². The zero-order chi connectivity index (χ0) is 14.0. The molecule has 19 heavy (non-hydrogen) atoms. The van der Waals surface area contributed by atoms with Gasteiger partial charge in [-0.15, -0.1) is 0 Å². The molecule has 1 saturated heterocycles. The summed E-state index contributed by atoms with van der Waals surface area (Å²) in [4.78, 5) is 2.43. The van der Waals surface area contributed by atoms with Gasteiger partial charge in [0, 0.05) is 18.6 Å². The maximum atomic E-state index is 13.7. The molecule has 1 aliphatic heterocycles. The average molecular weight is 264 g/mol. The van der Waals surface area contributed by atoms with Crippen LogP contribution in [0.4, 0.5) is 4.39 Å². The second-order valence-corrected chi connectivity index (χ2v) is 5.98. The van der Waals surface area contributed by atoms with Gasteiger partial charge in [0.05, 0.1) is 0 Å². The van der Waals surface area contributed by atoms with Gasteiger partial charge in [-0.1, -0.05) is 19.1 Å². The van der Waals surface area contributed by atoms with Crippen molar-refractivity contribution in [2.75, 3.05) is 13.1 Å². The van der Waals surface area contributed by atoms with Gasteiger partial charge in [0.1, 0.15) is 5.82 Å². The number of piperidine rings is 1. The van der Waals surface area contributed by atoms with Crippen molar-refractivity contribution >= 4 is 0 Å². The lowest BCUT2D eigenvalue weighted by Crippen LogP contribution is -2.44. The highest BCUT2D eigenvalue weighted by atomic mass is 19.1. The van der Waals surface area contributed by atoms with E-state index in [-0.39, 0.29) is 11.9 Å². The van der Waals surface area contributed by atoms with Crippen LogP contribution in [0.3, 0.4) is 0 Å². The van der Waals surface area contributed by atoms with Crippen LogP contribution < -0.4 is 5.73 Å². The van der Waals surface area contributed by atoms with Crippen LogP contribution in [-0.4, -0.2) is 24.0 Å². The molecule has 2 rings (SSSR count). The third-order valence-corrected chi connectivity index (χ3v) is 4.39. The third kappa shape index (κ3) is 3.15. The van der Waals surface area contributed by atoms with Gasteiger partial charge < -0.3 is 5.73 Å². The number of nitrogens with zero attached hydrogens (tertiary/aromatic N) is 1. The van der Waals surface area contributed by atoms with Crippen LogP contribution in [0.25, 0.3) is 0 Å². The first-order valence-corrected chi connectivity index (χ1v) is 7.24. The fourth-order valence-corrected chi connectivity index (χ4v) is 3.17. The van der Waals surface area contributed by atoms with Crippen LogP contribution in [-0.2, 0) is 0 Å². The fourth-order valence-electron chi connectivity index (χ4n) is 3.17. The quantitative estimate of drug-likeness (QED) is 0.908. The molecule has 1 heterocycles. The summed E-state index contributed by atoms with van der Waals surface area (Å²) in [5.74, 6) is 0.647. The Labute approximate surface area is 115 Å². The highest BCUT2D eigenvalue weighted by Crippen LogP contribution is 2.30. The van der Waals surface area contributed by atoms with E-state index in [0.29, 0.717) is 18.2 Å². The van der Waals surface area contributed by atoms with Crippen molar-refractivity contribution in [2.45, 2.75) is 45.7 Å². The molecule has 3 heteroatoms. The third-order valence-electron chi connectivity index (χ3n) is 4.39. The first kappa shape index (κ1) is 14.5. The SMILES string of the molecule is Cc1ccc(C(CN)N2CCC(C)CC2C)cc1F. The zero-order valence-corrected chi connectivity index (χ0v) is 12.2. The molecule has 0 amide bonds. The number of rotatable bonds is 3. The lowest BCUT2D eigenvalue weighted by Gasteiger charge is -2.41. The van der Waals surface area contributed by atoms with Gasteiger partial charge in [-0.25, -0.2) is 4.39 Å². The summed E-state index contributed by atoms with van der Waals surface area (Å²) in [6.45, 7) is 7.95. The molecular weight excluding hydrogens is 239 g/mol. The van der Waals surface area contributed by atoms with Crippen molar-refractivity contribution in [2.24, 2.45) is 11.7 Å². The Hall–Kier alpha value is -0.930. The lowest BCUT2D eigenvalue weighted by molar-refractivity contribution is 0.0846. The Kier molecular flexibility index (Phi) is 4.58. The van der Waals surface area contributed by atoms with E-state index in [4.69, 9.17) is 5.73 Å². The highest BCUT2D eigenvalue weighted by Gasteiger charge is 2.29. The highest BCUT2D eigenvalue weighted by molar-refractivity contribution is 5.26. The summed E-state index contributed by atoms with van der Waals surface area (Å²) in [5.41, 5.74) is 7.66. The lowest BCUT2D eigenvalue weighted by atomic mass is 9.90. The van der Waals surface area contributed by atoms with Crippen LogP contribution in [0.5, 0.6) is 0 Å². The molecule has 0 spiro atoms. The maximum Gasteiger partial charge on any atom is 0.126 e. The Bertz CT molecular complexity index is 433. The van der Waals surface area contributed by atoms with Crippen molar-refractivity contribution in [3.63, 3.8) is 0 Å². The molecule has 0 aliphatic carbocycles. The standard InChI is InChI=1S/C16H25FN2/c1-11-6-7-19(13(3)8-11)16(10-18)14-5-4-12(2)15(17)9-14/h4-5,9,11,13,16H,6-8,10,18H2,1-3H3. The first-order chi connectivity index (χ1) is 9.02. The molecule has 1 aromatic rings. The van der Waals surface area contributed by atoms with Gasteiger partial charge >= 0.3 is 0 Å². The van der Waals surface area contributed by atoms with Crippen LogP contribution in [0.2, 0.25) is 0 Å². The van der Waals surface area contributed by atoms with Crippen molar-refractivity contribution in [3.8, 4) is 0 Å². The number of hydrogen-bond donors (Lipinski definition) is 1. The number of halogens is 1. The van der Waals surface area contributed by atoms with Crippen LogP contribution in [0.1, 0.15) is 43.9 Å². The molecular formula is C16H25FN2. The normalized spacial score (nSPS) is 26.4. The summed E-state index contributed by atoms with van der Waals surface area (Å²) in [5, 5.41) is 0. The molecule has 1 aromatic carbocycles. The first-order valence-electron chi connectivity index (χ1n) is 7.24. The largest absolute Gasteiger partial charge is 0.329 e. The van der Waals surface area contributed by atoms with E-state index in [1.165, 1.54) is 12.8 Å². The summed E-state index contributed by atoms with van der Waals surface area (Å²) in [7, 11) is 0. The average Bonchev–Trinajstić information content (AvgIpc) is 2.37. The molecule has 0 radical (unpaired) electrons. The van der Waals surface area contributed by atoms with Crippen molar-refractivity contribution in [3.05, 3.63) is 35.1 Å². The zero-order valence-electron chi connectivity index (χ0n) is 12.2. The Morgan fingerprint density at radius 3 is 2.74 bits per heavy atom. The minimum atomic E-state index is -0.131. The molecule has 0 bridgehead atoms. The summed E-state index contributed by atoms with van der Waals surface area (Å²) < 4.78 is 13.7. The molecule has 0 saturated carbocycles. The van der Waals surface area contributed by atoms with Crippen molar-refractivity contribution in [1.29, 1.82) is 0 Å². The van der Waals surface area contributed by atoms with E-state index in [9.17, 15) is 4.39 Å². The van der Waals surface area contributed by atoms with E-state index >= 15 is 0 Å². The second kappa shape index (κ2) is 6.02. The molecule has 1 fully saturated rings. The minimum Gasteiger partial charge on any atom is -0.329 e. The van der Waals surface area contributed by atoms with Gasteiger partial charge in [0.15, 0.2) is 0 Å². The van der Waals surface area contributed by atoms with E-state index in [2.05, 4.69) is 18.7 Å². The molecule has 0 aromatic heterocycles. The summed E-state index contributed by atoms with van der Waals surface area (Å²) in [6, 6.07) is 6.17. The molecule has 2 nitrogen and oxygen atoms in total. The second-order valence-electron chi connectivity index (χ2n) is 5.98. The number of nitrogens with two attached hydrogens (primary N) is 1. The summed E-state index contributed by atoms with van der Waals surface area (Å²) in [6.07, 6.45) is 2.40. The van der Waals surface area contributed by atoms with Crippen LogP contribution >= 0.6 is 0 Å². The maximum absolute atomic E-state index is 13.7. The smallest absolute Gasteiger partial charge is 0.126 e. The van der Waals surface area contributed by atoms with Crippen LogP contribution in [0, 0.1) is 18.7 Å².